The van der Waals surface area contributed by atoms with Crippen LogP contribution in [0.2, 0.25) is 19.6 Å². The Morgan fingerprint density at radius 3 is 2.36 bits per heavy atom. The van der Waals surface area contributed by atoms with Crippen molar-refractivity contribution in [1.29, 1.82) is 0 Å². The van der Waals surface area contributed by atoms with Crippen LogP contribution in [0, 0.1) is 0 Å². The molecule has 0 aliphatic rings. The Balaban J connectivity index is 3.74. The van der Waals surface area contributed by atoms with E-state index in [0.717, 1.165) is 18.2 Å². The zero-order chi connectivity index (χ0) is 11.0. The van der Waals surface area contributed by atoms with Gasteiger partial charge >= 0.3 is 0 Å². The molecule has 1 nitrogen and oxygen atoms in total. The standard InChI is InChI=1S/C11H25NSSi/c1-6-9-12-10-8-11(7-2)13-14(3,4)5/h9,11H,6-8,10H2,1-5H3/b12-9+. The molecule has 0 aromatic heterocycles. The van der Waals surface area contributed by atoms with Gasteiger partial charge < -0.3 is 0 Å². The van der Waals surface area contributed by atoms with E-state index < -0.39 is 7.22 Å². The third kappa shape index (κ3) is 8.82. The van der Waals surface area contributed by atoms with Gasteiger partial charge in [0.25, 0.3) is 0 Å². The second-order valence-electron chi connectivity index (χ2n) is 4.55. The van der Waals surface area contributed by atoms with E-state index in [2.05, 4.69) is 49.7 Å². The molecule has 14 heavy (non-hydrogen) atoms. The molecule has 0 saturated heterocycles. The van der Waals surface area contributed by atoms with Crippen LogP contribution in [0.5, 0.6) is 0 Å². The van der Waals surface area contributed by atoms with Crippen molar-refractivity contribution < 1.29 is 0 Å². The van der Waals surface area contributed by atoms with Crippen molar-refractivity contribution >= 4 is 24.6 Å². The lowest BCUT2D eigenvalue weighted by molar-refractivity contribution is 0.750. The van der Waals surface area contributed by atoms with E-state index in [1.165, 1.54) is 12.8 Å². The maximum atomic E-state index is 4.38. The zero-order valence-corrected chi connectivity index (χ0v) is 12.2. The van der Waals surface area contributed by atoms with Crippen molar-refractivity contribution in [3.63, 3.8) is 0 Å². The predicted octanol–water partition coefficient (Wildman–Crippen LogP) is 4.20. The third-order valence-electron chi connectivity index (χ3n) is 1.87. The second-order valence-corrected chi connectivity index (χ2v) is 14.1. The van der Waals surface area contributed by atoms with Gasteiger partial charge in [0.05, 0.1) is 0 Å². The van der Waals surface area contributed by atoms with Gasteiger partial charge in [-0.3, -0.25) is 4.99 Å². The van der Waals surface area contributed by atoms with E-state index in [0.29, 0.717) is 0 Å². The largest absolute Gasteiger partial charge is 0.298 e. The first-order valence-electron chi connectivity index (χ1n) is 5.65. The highest BCUT2D eigenvalue weighted by Crippen LogP contribution is 2.28. The smallest absolute Gasteiger partial charge is 0.108 e. The van der Waals surface area contributed by atoms with E-state index in [1.807, 2.05) is 6.21 Å². The van der Waals surface area contributed by atoms with Crippen LogP contribution < -0.4 is 0 Å². The maximum absolute atomic E-state index is 4.38. The minimum atomic E-state index is -0.945. The molecule has 0 radical (unpaired) electrons. The summed E-state index contributed by atoms with van der Waals surface area (Å²) in [5.41, 5.74) is 0. The summed E-state index contributed by atoms with van der Waals surface area (Å²) in [6.07, 6.45) is 5.64. The molecule has 1 atom stereocenters. The lowest BCUT2D eigenvalue weighted by Gasteiger charge is -2.22. The van der Waals surface area contributed by atoms with Gasteiger partial charge in [-0.15, -0.1) is 0 Å². The summed E-state index contributed by atoms with van der Waals surface area (Å²) in [4.78, 5) is 4.38. The summed E-state index contributed by atoms with van der Waals surface area (Å²) in [5, 5.41) is 0.829. The fourth-order valence-corrected chi connectivity index (χ4v) is 6.53. The number of hydrogen-bond donors (Lipinski definition) is 0. The molecule has 3 heteroatoms. The Kier molecular flexibility index (Phi) is 7.65. The van der Waals surface area contributed by atoms with E-state index in [-0.39, 0.29) is 0 Å². The quantitative estimate of drug-likeness (QED) is 0.472. The normalized spacial score (nSPS) is 14.9. The van der Waals surface area contributed by atoms with Crippen molar-refractivity contribution in [3.8, 4) is 0 Å². The van der Waals surface area contributed by atoms with E-state index in [4.69, 9.17) is 0 Å². The molecule has 0 spiro atoms. The average molecular weight is 231 g/mol. The van der Waals surface area contributed by atoms with Gasteiger partial charge in [0.2, 0.25) is 0 Å². The molecule has 0 aromatic carbocycles. The molecule has 0 rings (SSSR count). The van der Waals surface area contributed by atoms with Crippen LogP contribution in [0.3, 0.4) is 0 Å². The van der Waals surface area contributed by atoms with Gasteiger partial charge in [-0.25, -0.2) is 0 Å². The first-order valence-corrected chi connectivity index (χ1v) is 10.8. The molecule has 0 N–H and O–H groups in total. The summed E-state index contributed by atoms with van der Waals surface area (Å²) in [6.45, 7) is 12.7. The zero-order valence-electron chi connectivity index (χ0n) is 10.3. The minimum absolute atomic E-state index is 0.829. The molecular formula is C11H25NSSi. The molecule has 0 bridgehead atoms. The molecule has 0 aliphatic heterocycles. The van der Waals surface area contributed by atoms with E-state index >= 15 is 0 Å². The SMILES string of the molecule is CC/C=N/CCC(CC)S[Si](C)(C)C. The van der Waals surface area contributed by atoms with Crippen molar-refractivity contribution in [2.45, 2.75) is 58.0 Å². The van der Waals surface area contributed by atoms with Crippen LogP contribution >= 0.6 is 11.2 Å². The Hall–Kier alpha value is 0.237. The molecule has 0 aromatic rings. The first kappa shape index (κ1) is 14.2. The minimum Gasteiger partial charge on any atom is -0.298 e. The maximum Gasteiger partial charge on any atom is 0.108 e. The van der Waals surface area contributed by atoms with Gasteiger partial charge in [0, 0.05) is 11.8 Å². The summed E-state index contributed by atoms with van der Waals surface area (Å²) in [7, 11) is -0.945. The van der Waals surface area contributed by atoms with Crippen LogP contribution in [0.15, 0.2) is 4.99 Å². The molecule has 1 unspecified atom stereocenters. The van der Waals surface area contributed by atoms with E-state index in [9.17, 15) is 0 Å². The predicted molar refractivity (Wildman–Crippen MR) is 73.3 cm³/mol. The highest BCUT2D eigenvalue weighted by atomic mass is 32.4. The van der Waals surface area contributed by atoms with Crippen LogP contribution in [-0.4, -0.2) is 25.2 Å². The highest BCUT2D eigenvalue weighted by Gasteiger charge is 2.19. The van der Waals surface area contributed by atoms with Gasteiger partial charge in [-0.1, -0.05) is 33.5 Å². The number of aliphatic imine (C=N–C) groups is 1. The molecule has 0 amide bonds. The molecule has 0 fully saturated rings. The van der Waals surface area contributed by atoms with Crippen LogP contribution in [0.1, 0.15) is 33.1 Å². The molecule has 0 aliphatic carbocycles. The lowest BCUT2D eigenvalue weighted by atomic mass is 10.2. The van der Waals surface area contributed by atoms with Crippen LogP contribution in [0.25, 0.3) is 0 Å². The Morgan fingerprint density at radius 1 is 1.29 bits per heavy atom. The van der Waals surface area contributed by atoms with Crippen LogP contribution in [0.4, 0.5) is 0 Å². The monoisotopic (exact) mass is 231 g/mol. The molecule has 84 valence electrons. The van der Waals surface area contributed by atoms with Gasteiger partial charge in [-0.05, 0) is 25.5 Å². The summed E-state index contributed by atoms with van der Waals surface area (Å²) in [6, 6.07) is 0. The summed E-state index contributed by atoms with van der Waals surface area (Å²) < 4.78 is 0. The van der Waals surface area contributed by atoms with Crippen molar-refractivity contribution in [2.75, 3.05) is 6.54 Å². The number of nitrogens with zero attached hydrogens (tertiary/aromatic N) is 1. The van der Waals surface area contributed by atoms with Gasteiger partial charge in [-0.2, -0.15) is 11.2 Å². The van der Waals surface area contributed by atoms with Crippen molar-refractivity contribution in [2.24, 2.45) is 4.99 Å². The van der Waals surface area contributed by atoms with Crippen LogP contribution in [-0.2, 0) is 0 Å². The topological polar surface area (TPSA) is 12.4 Å². The van der Waals surface area contributed by atoms with E-state index in [1.54, 1.807) is 0 Å². The summed E-state index contributed by atoms with van der Waals surface area (Å²) in [5.74, 6) is 0. The van der Waals surface area contributed by atoms with Crippen molar-refractivity contribution in [1.82, 2.24) is 0 Å². The number of hydrogen-bond acceptors (Lipinski definition) is 2. The number of rotatable bonds is 7. The fraction of sp³-hybridized carbons (Fsp3) is 0.909. The average Bonchev–Trinajstić information content (AvgIpc) is 2.08. The Bertz CT molecular complexity index is 163. The molecule has 0 heterocycles. The second kappa shape index (κ2) is 7.52. The molecule has 0 saturated carbocycles. The van der Waals surface area contributed by atoms with Crippen molar-refractivity contribution in [3.05, 3.63) is 0 Å². The third-order valence-corrected chi connectivity index (χ3v) is 6.60. The van der Waals surface area contributed by atoms with Gasteiger partial charge in [0.1, 0.15) is 7.22 Å². The fourth-order valence-electron chi connectivity index (χ4n) is 1.29. The molecular weight excluding hydrogens is 206 g/mol. The first-order chi connectivity index (χ1) is 6.49. The highest BCUT2D eigenvalue weighted by molar-refractivity contribution is 8.29. The lowest BCUT2D eigenvalue weighted by Crippen LogP contribution is -2.20. The Morgan fingerprint density at radius 2 is 1.93 bits per heavy atom. The van der Waals surface area contributed by atoms with Gasteiger partial charge in [0.15, 0.2) is 0 Å². The Labute approximate surface area is 94.4 Å². The summed E-state index contributed by atoms with van der Waals surface area (Å²) >= 11 is 2.22.